The molecule has 4 aliphatic rings. The van der Waals surface area contributed by atoms with Crippen molar-refractivity contribution in [3.8, 4) is 0 Å². The van der Waals surface area contributed by atoms with Gasteiger partial charge in [0.25, 0.3) is 0 Å². The number of amides is 3. The van der Waals surface area contributed by atoms with Crippen LogP contribution in [0.2, 0.25) is 5.02 Å². The molecule has 3 amide bonds. The number of nitrogens with zero attached hydrogens (tertiary/aromatic N) is 1. The number of rotatable bonds is 6. The van der Waals surface area contributed by atoms with Crippen LogP contribution in [0.1, 0.15) is 37.7 Å². The lowest BCUT2D eigenvalue weighted by Crippen LogP contribution is -2.56. The van der Waals surface area contributed by atoms with E-state index in [0.717, 1.165) is 35.7 Å². The standard InChI is InChI=1S/C29H29BrClN3O4/c30-18-8-12-21(13-9-18)32-26(35)23-22-14-15-29(38-22)24(23)28(37)34(16-17-6-10-19(31)11-7-17)25(29)27(36)33-20-4-2-1-3-5-20/h6-15,20,22-25H,1-5,16H2,(H,32,35)(H,33,36)/t22-,23?,24-,25?,29?/m1/s1. The van der Waals surface area contributed by atoms with Crippen LogP contribution in [0, 0.1) is 11.8 Å². The highest BCUT2D eigenvalue weighted by molar-refractivity contribution is 9.10. The molecule has 1 aliphatic carbocycles. The third-order valence-electron chi connectivity index (χ3n) is 8.25. The first-order valence-corrected chi connectivity index (χ1v) is 14.3. The quantitative estimate of drug-likeness (QED) is 0.466. The zero-order valence-corrected chi connectivity index (χ0v) is 23.1. The van der Waals surface area contributed by atoms with Gasteiger partial charge in [-0.15, -0.1) is 0 Å². The van der Waals surface area contributed by atoms with E-state index in [-0.39, 0.29) is 30.3 Å². The molecule has 2 aromatic rings. The Balaban J connectivity index is 1.32. The molecule has 0 radical (unpaired) electrons. The van der Waals surface area contributed by atoms with E-state index < -0.39 is 29.6 Å². The molecule has 2 aromatic carbocycles. The third-order valence-corrected chi connectivity index (χ3v) is 9.04. The van der Waals surface area contributed by atoms with E-state index in [9.17, 15) is 14.4 Å². The van der Waals surface area contributed by atoms with Gasteiger partial charge in [0, 0.05) is 27.8 Å². The van der Waals surface area contributed by atoms with Crippen molar-refractivity contribution in [2.75, 3.05) is 5.32 Å². The number of carbonyl (C=O) groups is 3. The van der Waals surface area contributed by atoms with Gasteiger partial charge in [-0.25, -0.2) is 0 Å². The number of halogens is 2. The molecule has 38 heavy (non-hydrogen) atoms. The average Bonchev–Trinajstić information content (AvgIpc) is 3.55. The number of hydrogen-bond acceptors (Lipinski definition) is 4. The number of fused-ring (bicyclic) bond motifs is 1. The van der Waals surface area contributed by atoms with Gasteiger partial charge in [0.05, 0.1) is 17.9 Å². The molecule has 1 saturated carbocycles. The minimum atomic E-state index is -1.19. The summed E-state index contributed by atoms with van der Waals surface area (Å²) in [6.45, 7) is 0.222. The van der Waals surface area contributed by atoms with Crippen molar-refractivity contribution in [2.45, 2.75) is 62.4 Å². The topological polar surface area (TPSA) is 87.7 Å². The zero-order chi connectivity index (χ0) is 26.4. The highest BCUT2D eigenvalue weighted by Gasteiger charge is 2.72. The maximum atomic E-state index is 14.1. The fraction of sp³-hybridized carbons (Fsp3) is 0.414. The maximum absolute atomic E-state index is 14.1. The predicted molar refractivity (Wildman–Crippen MR) is 147 cm³/mol. The summed E-state index contributed by atoms with van der Waals surface area (Å²) < 4.78 is 7.33. The molecule has 6 rings (SSSR count). The summed E-state index contributed by atoms with van der Waals surface area (Å²) in [5, 5.41) is 6.76. The first-order chi connectivity index (χ1) is 18.4. The Morgan fingerprint density at radius 1 is 1.03 bits per heavy atom. The lowest BCUT2D eigenvalue weighted by atomic mass is 9.74. The molecule has 198 valence electrons. The van der Waals surface area contributed by atoms with E-state index in [0.29, 0.717) is 10.7 Å². The summed E-state index contributed by atoms with van der Waals surface area (Å²) in [4.78, 5) is 43.1. The number of likely N-dealkylation sites (tertiary alicyclic amines) is 1. The highest BCUT2D eigenvalue weighted by atomic mass is 79.9. The number of benzene rings is 2. The van der Waals surface area contributed by atoms with Crippen LogP contribution in [-0.4, -0.2) is 46.4 Å². The summed E-state index contributed by atoms with van der Waals surface area (Å²) in [5.74, 6) is -2.28. The van der Waals surface area contributed by atoms with Gasteiger partial charge in [-0.1, -0.05) is 71.1 Å². The average molecular weight is 599 g/mol. The predicted octanol–water partition coefficient (Wildman–Crippen LogP) is 4.84. The maximum Gasteiger partial charge on any atom is 0.246 e. The van der Waals surface area contributed by atoms with Gasteiger partial charge in [-0.05, 0) is 54.8 Å². The Morgan fingerprint density at radius 2 is 1.74 bits per heavy atom. The van der Waals surface area contributed by atoms with Crippen molar-refractivity contribution in [2.24, 2.45) is 11.8 Å². The number of hydrogen-bond donors (Lipinski definition) is 2. The summed E-state index contributed by atoms with van der Waals surface area (Å²) >= 11 is 9.49. The molecule has 3 unspecified atom stereocenters. The van der Waals surface area contributed by atoms with E-state index in [4.69, 9.17) is 16.3 Å². The number of anilines is 1. The van der Waals surface area contributed by atoms with Crippen molar-refractivity contribution >= 4 is 50.9 Å². The lowest BCUT2D eigenvalue weighted by Gasteiger charge is -2.34. The minimum absolute atomic E-state index is 0.0817. The second-order valence-corrected chi connectivity index (χ2v) is 12.0. The smallest absolute Gasteiger partial charge is 0.246 e. The molecule has 5 atom stereocenters. The van der Waals surface area contributed by atoms with Gasteiger partial charge in [0.15, 0.2) is 0 Å². The van der Waals surface area contributed by atoms with Crippen LogP contribution in [0.15, 0.2) is 65.2 Å². The molecule has 9 heteroatoms. The van der Waals surface area contributed by atoms with Gasteiger partial charge in [-0.3, -0.25) is 14.4 Å². The summed E-state index contributed by atoms with van der Waals surface area (Å²) in [6.07, 6.45) is 8.29. The molecule has 3 fully saturated rings. The van der Waals surface area contributed by atoms with E-state index in [1.165, 1.54) is 6.42 Å². The Kier molecular flexibility index (Phi) is 6.82. The molecule has 2 bridgehead atoms. The summed E-state index contributed by atoms with van der Waals surface area (Å²) in [5.41, 5.74) is 0.298. The first-order valence-electron chi connectivity index (χ1n) is 13.1. The molecule has 3 heterocycles. The molecule has 0 aromatic heterocycles. The van der Waals surface area contributed by atoms with Crippen LogP contribution in [0.4, 0.5) is 5.69 Å². The molecule has 3 aliphatic heterocycles. The lowest BCUT2D eigenvalue weighted by molar-refractivity contribution is -0.142. The fourth-order valence-electron chi connectivity index (χ4n) is 6.51. The molecule has 1 spiro atoms. The number of carbonyl (C=O) groups excluding carboxylic acids is 3. The van der Waals surface area contributed by atoms with Crippen molar-refractivity contribution < 1.29 is 19.1 Å². The Hall–Kier alpha value is -2.68. The van der Waals surface area contributed by atoms with Gasteiger partial charge < -0.3 is 20.3 Å². The Morgan fingerprint density at radius 3 is 2.45 bits per heavy atom. The number of nitrogens with one attached hydrogen (secondary N) is 2. The fourth-order valence-corrected chi connectivity index (χ4v) is 6.90. The van der Waals surface area contributed by atoms with Gasteiger partial charge in [0.2, 0.25) is 17.7 Å². The Bertz CT molecular complexity index is 1280. The van der Waals surface area contributed by atoms with Gasteiger partial charge in [-0.2, -0.15) is 0 Å². The van der Waals surface area contributed by atoms with E-state index in [2.05, 4.69) is 26.6 Å². The zero-order valence-electron chi connectivity index (χ0n) is 20.7. The second kappa shape index (κ2) is 10.1. The van der Waals surface area contributed by atoms with Crippen LogP contribution in [0.5, 0.6) is 0 Å². The molecule has 2 N–H and O–H groups in total. The molecule has 7 nitrogen and oxygen atoms in total. The normalized spacial score (nSPS) is 29.9. The van der Waals surface area contributed by atoms with Crippen LogP contribution >= 0.6 is 27.5 Å². The van der Waals surface area contributed by atoms with E-state index in [1.54, 1.807) is 29.2 Å². The van der Waals surface area contributed by atoms with Gasteiger partial charge in [0.1, 0.15) is 11.6 Å². The second-order valence-electron chi connectivity index (χ2n) is 10.6. The van der Waals surface area contributed by atoms with Crippen LogP contribution in [0.25, 0.3) is 0 Å². The molecule has 2 saturated heterocycles. The first kappa shape index (κ1) is 25.6. The summed E-state index contributed by atoms with van der Waals surface area (Å²) in [6, 6.07) is 13.7. The molecular weight excluding hydrogens is 570 g/mol. The highest BCUT2D eigenvalue weighted by Crippen LogP contribution is 2.55. The van der Waals surface area contributed by atoms with Crippen molar-refractivity contribution in [1.29, 1.82) is 0 Å². The van der Waals surface area contributed by atoms with Crippen molar-refractivity contribution in [1.82, 2.24) is 10.2 Å². The van der Waals surface area contributed by atoms with Crippen LogP contribution in [0.3, 0.4) is 0 Å². The van der Waals surface area contributed by atoms with E-state index >= 15 is 0 Å². The van der Waals surface area contributed by atoms with E-state index in [1.807, 2.05) is 36.4 Å². The minimum Gasteiger partial charge on any atom is -0.359 e. The van der Waals surface area contributed by atoms with Crippen molar-refractivity contribution in [3.05, 3.63) is 75.7 Å². The monoisotopic (exact) mass is 597 g/mol. The largest absolute Gasteiger partial charge is 0.359 e. The van der Waals surface area contributed by atoms with Crippen molar-refractivity contribution in [3.63, 3.8) is 0 Å². The molecular formula is C29H29BrClN3O4. The van der Waals surface area contributed by atoms with Crippen LogP contribution in [-0.2, 0) is 25.7 Å². The third kappa shape index (κ3) is 4.46. The summed E-state index contributed by atoms with van der Waals surface area (Å²) in [7, 11) is 0. The van der Waals surface area contributed by atoms with Gasteiger partial charge >= 0.3 is 0 Å². The number of ether oxygens (including phenoxy) is 1. The van der Waals surface area contributed by atoms with Crippen LogP contribution < -0.4 is 10.6 Å². The Labute approximate surface area is 235 Å². The SMILES string of the molecule is O=C(Nc1ccc(Br)cc1)C1[C@H]2C=CC3(O2)C(C(=O)NC2CCCCC2)N(Cc2ccc(Cl)cc2)C(=O)[C@@H]13.